The summed E-state index contributed by atoms with van der Waals surface area (Å²) in [5.74, 6) is 0.188. The first-order valence-corrected chi connectivity index (χ1v) is 7.65. The van der Waals surface area contributed by atoms with Gasteiger partial charge in [-0.3, -0.25) is 4.79 Å². The second-order valence-corrected chi connectivity index (χ2v) is 6.41. The predicted octanol–water partition coefficient (Wildman–Crippen LogP) is 2.98. The quantitative estimate of drug-likeness (QED) is 0.928. The molecule has 1 heterocycles. The number of carbonyl (C=O) groups excluding carboxylic acids is 1. The van der Waals surface area contributed by atoms with Crippen LogP contribution in [-0.4, -0.2) is 19.1 Å². The Morgan fingerprint density at radius 1 is 1.32 bits per heavy atom. The first-order valence-electron chi connectivity index (χ1n) is 6.85. The van der Waals surface area contributed by atoms with Crippen LogP contribution in [0.2, 0.25) is 0 Å². The van der Waals surface area contributed by atoms with Crippen molar-refractivity contribution >= 4 is 21.8 Å². The molecular formula is C15H18BrNO2. The maximum atomic E-state index is 12.3. The van der Waals surface area contributed by atoms with Crippen LogP contribution in [-0.2, 0) is 15.1 Å². The van der Waals surface area contributed by atoms with E-state index in [1.165, 1.54) is 12.0 Å². The second-order valence-electron chi connectivity index (χ2n) is 5.49. The molecule has 1 unspecified atom stereocenters. The summed E-state index contributed by atoms with van der Waals surface area (Å²) in [7, 11) is 0. The van der Waals surface area contributed by atoms with Crippen LogP contribution < -0.4 is 5.32 Å². The number of hydrogen-bond donors (Lipinski definition) is 1. The number of carbonyl (C=O) groups is 1. The molecule has 1 aromatic carbocycles. The molecule has 2 fully saturated rings. The minimum Gasteiger partial charge on any atom is -0.381 e. The van der Waals surface area contributed by atoms with Crippen LogP contribution in [0.1, 0.15) is 31.2 Å². The van der Waals surface area contributed by atoms with E-state index in [1.54, 1.807) is 0 Å². The summed E-state index contributed by atoms with van der Waals surface area (Å²) in [6, 6.07) is 8.30. The molecule has 19 heavy (non-hydrogen) atoms. The van der Waals surface area contributed by atoms with Gasteiger partial charge in [-0.25, -0.2) is 0 Å². The highest BCUT2D eigenvalue weighted by molar-refractivity contribution is 9.10. The topological polar surface area (TPSA) is 38.3 Å². The molecule has 1 aromatic rings. The number of halogens is 1. The molecule has 0 spiro atoms. The Morgan fingerprint density at radius 2 is 2.05 bits per heavy atom. The van der Waals surface area contributed by atoms with E-state index in [0.717, 1.165) is 23.7 Å². The molecule has 1 amide bonds. The summed E-state index contributed by atoms with van der Waals surface area (Å²) in [6.45, 7) is 1.28. The third kappa shape index (κ3) is 2.56. The van der Waals surface area contributed by atoms with Gasteiger partial charge in [0.05, 0.1) is 18.1 Å². The third-order valence-corrected chi connectivity index (χ3v) is 4.80. The van der Waals surface area contributed by atoms with Gasteiger partial charge >= 0.3 is 0 Å². The minimum absolute atomic E-state index is 0.0351. The highest BCUT2D eigenvalue weighted by Crippen LogP contribution is 2.41. The van der Waals surface area contributed by atoms with E-state index in [2.05, 4.69) is 33.4 Å². The lowest BCUT2D eigenvalue weighted by atomic mass is 9.71. The highest BCUT2D eigenvalue weighted by Gasteiger charge is 2.41. The van der Waals surface area contributed by atoms with Crippen molar-refractivity contribution in [3.8, 4) is 0 Å². The third-order valence-electron chi connectivity index (χ3n) is 4.27. The number of benzene rings is 1. The molecule has 3 nitrogen and oxygen atoms in total. The first kappa shape index (κ1) is 13.1. The van der Waals surface area contributed by atoms with Gasteiger partial charge in [0, 0.05) is 11.1 Å². The smallest absolute Gasteiger partial charge is 0.226 e. The highest BCUT2D eigenvalue weighted by atomic mass is 79.9. The molecule has 0 bridgehead atoms. The zero-order valence-corrected chi connectivity index (χ0v) is 12.4. The summed E-state index contributed by atoms with van der Waals surface area (Å²) >= 11 is 3.45. The van der Waals surface area contributed by atoms with Crippen LogP contribution in [0.25, 0.3) is 0 Å². The van der Waals surface area contributed by atoms with Crippen LogP contribution in [0.15, 0.2) is 28.7 Å². The summed E-state index contributed by atoms with van der Waals surface area (Å²) in [5.41, 5.74) is 1.08. The summed E-state index contributed by atoms with van der Waals surface area (Å²) < 4.78 is 6.37. The summed E-state index contributed by atoms with van der Waals surface area (Å²) in [4.78, 5) is 12.3. The van der Waals surface area contributed by atoms with Gasteiger partial charge in [0.1, 0.15) is 0 Å². The standard InChI is InChI=1S/C15H18BrNO2/c16-13-4-2-12(3-5-13)15(7-1-8-15)17-14(18)11-6-9-19-10-11/h2-5,11H,1,6-10H2,(H,17,18). The lowest BCUT2D eigenvalue weighted by Gasteiger charge is -2.43. The van der Waals surface area contributed by atoms with Crippen LogP contribution >= 0.6 is 15.9 Å². The van der Waals surface area contributed by atoms with Crippen LogP contribution in [0.5, 0.6) is 0 Å². The van der Waals surface area contributed by atoms with Crippen molar-refractivity contribution in [1.29, 1.82) is 0 Å². The van der Waals surface area contributed by atoms with Crippen molar-refractivity contribution < 1.29 is 9.53 Å². The van der Waals surface area contributed by atoms with E-state index >= 15 is 0 Å². The van der Waals surface area contributed by atoms with Crippen molar-refractivity contribution in [3.63, 3.8) is 0 Å². The molecular weight excluding hydrogens is 306 g/mol. The molecule has 2 aliphatic rings. The molecule has 4 heteroatoms. The van der Waals surface area contributed by atoms with Crippen molar-refractivity contribution in [2.24, 2.45) is 5.92 Å². The van der Waals surface area contributed by atoms with Gasteiger partial charge in [0.25, 0.3) is 0 Å². The van der Waals surface area contributed by atoms with Gasteiger partial charge in [-0.05, 0) is 43.4 Å². The molecule has 0 aromatic heterocycles. The van der Waals surface area contributed by atoms with Gasteiger partial charge in [0.15, 0.2) is 0 Å². The first-order chi connectivity index (χ1) is 9.20. The van der Waals surface area contributed by atoms with E-state index in [1.807, 2.05) is 12.1 Å². The van der Waals surface area contributed by atoms with Crippen molar-refractivity contribution in [2.75, 3.05) is 13.2 Å². The van der Waals surface area contributed by atoms with Crippen molar-refractivity contribution in [1.82, 2.24) is 5.32 Å². The number of ether oxygens (including phenoxy) is 1. The molecule has 1 aliphatic heterocycles. The fourth-order valence-electron chi connectivity index (χ4n) is 2.86. The Hall–Kier alpha value is -0.870. The fourth-order valence-corrected chi connectivity index (χ4v) is 3.13. The van der Waals surface area contributed by atoms with Crippen LogP contribution in [0, 0.1) is 5.92 Å². The number of hydrogen-bond acceptors (Lipinski definition) is 2. The van der Waals surface area contributed by atoms with Crippen LogP contribution in [0.3, 0.4) is 0 Å². The second kappa shape index (κ2) is 5.25. The Balaban J connectivity index is 1.75. The average Bonchev–Trinajstić information content (AvgIpc) is 2.89. The van der Waals surface area contributed by atoms with Crippen molar-refractivity contribution in [2.45, 2.75) is 31.2 Å². The summed E-state index contributed by atoms with van der Waals surface area (Å²) in [6.07, 6.45) is 4.10. The monoisotopic (exact) mass is 323 g/mol. The van der Waals surface area contributed by atoms with E-state index in [0.29, 0.717) is 13.2 Å². The predicted molar refractivity (Wildman–Crippen MR) is 76.7 cm³/mol. The van der Waals surface area contributed by atoms with E-state index < -0.39 is 0 Å². The summed E-state index contributed by atoms with van der Waals surface area (Å²) in [5, 5.41) is 3.27. The average molecular weight is 324 g/mol. The molecule has 0 radical (unpaired) electrons. The lowest BCUT2D eigenvalue weighted by molar-refractivity contribution is -0.128. The van der Waals surface area contributed by atoms with E-state index in [9.17, 15) is 4.79 Å². The van der Waals surface area contributed by atoms with Gasteiger partial charge in [-0.2, -0.15) is 0 Å². The van der Waals surface area contributed by atoms with E-state index in [4.69, 9.17) is 4.74 Å². The fraction of sp³-hybridized carbons (Fsp3) is 0.533. The maximum absolute atomic E-state index is 12.3. The van der Waals surface area contributed by atoms with Gasteiger partial charge in [0.2, 0.25) is 5.91 Å². The molecule has 1 aliphatic carbocycles. The largest absolute Gasteiger partial charge is 0.381 e. The Labute approximate surface area is 121 Å². The van der Waals surface area contributed by atoms with Gasteiger partial charge < -0.3 is 10.1 Å². The number of amides is 1. The molecule has 3 rings (SSSR count). The number of nitrogens with one attached hydrogen (secondary N) is 1. The van der Waals surface area contributed by atoms with E-state index in [-0.39, 0.29) is 17.4 Å². The Morgan fingerprint density at radius 3 is 2.58 bits per heavy atom. The number of rotatable bonds is 3. The maximum Gasteiger partial charge on any atom is 0.226 e. The Bertz CT molecular complexity index is 462. The molecule has 1 atom stereocenters. The Kier molecular flexibility index (Phi) is 3.63. The minimum atomic E-state index is -0.139. The lowest BCUT2D eigenvalue weighted by Crippen LogP contribution is -2.52. The normalized spacial score (nSPS) is 24.8. The zero-order valence-electron chi connectivity index (χ0n) is 10.8. The zero-order chi connectivity index (χ0) is 13.3. The van der Waals surface area contributed by atoms with Gasteiger partial charge in [-0.15, -0.1) is 0 Å². The molecule has 102 valence electrons. The molecule has 1 saturated carbocycles. The van der Waals surface area contributed by atoms with Gasteiger partial charge in [-0.1, -0.05) is 28.1 Å². The SMILES string of the molecule is O=C(NC1(c2ccc(Br)cc2)CCC1)C1CCOC1. The van der Waals surface area contributed by atoms with Crippen molar-refractivity contribution in [3.05, 3.63) is 34.3 Å². The van der Waals surface area contributed by atoms with Crippen LogP contribution in [0.4, 0.5) is 0 Å². The molecule has 1 N–H and O–H groups in total. The molecule has 1 saturated heterocycles.